The molecule has 0 amide bonds. The normalized spacial score (nSPS) is 30.3. The Hall–Kier alpha value is -1.41. The van der Waals surface area contributed by atoms with Crippen molar-refractivity contribution in [2.75, 3.05) is 7.05 Å². The van der Waals surface area contributed by atoms with Crippen molar-refractivity contribution < 1.29 is 4.79 Å². The van der Waals surface area contributed by atoms with Gasteiger partial charge in [-0.3, -0.25) is 4.79 Å². The maximum Gasteiger partial charge on any atom is 0.166 e. The molecule has 0 saturated carbocycles. The summed E-state index contributed by atoms with van der Waals surface area (Å²) in [7, 11) is 2.21. The number of piperidine rings is 1. The van der Waals surface area contributed by atoms with Gasteiger partial charge in [0.1, 0.15) is 0 Å². The highest BCUT2D eigenvalue weighted by Gasteiger charge is 2.41. The third kappa shape index (κ3) is 2.14. The van der Waals surface area contributed by atoms with Gasteiger partial charge in [0.2, 0.25) is 0 Å². The largest absolute Gasteiger partial charge is 0.300 e. The van der Waals surface area contributed by atoms with Gasteiger partial charge in [-0.25, -0.2) is 0 Å². The van der Waals surface area contributed by atoms with Gasteiger partial charge in [-0.15, -0.1) is 0 Å². The van der Waals surface area contributed by atoms with E-state index < -0.39 is 0 Å². The van der Waals surface area contributed by atoms with Gasteiger partial charge < -0.3 is 4.90 Å². The Balaban J connectivity index is 1.83. The van der Waals surface area contributed by atoms with E-state index >= 15 is 0 Å². The van der Waals surface area contributed by atoms with Crippen molar-refractivity contribution in [3.8, 4) is 0 Å². The zero-order valence-electron chi connectivity index (χ0n) is 11.5. The van der Waals surface area contributed by atoms with E-state index in [1.165, 1.54) is 12.8 Å². The zero-order chi connectivity index (χ0) is 13.4. The van der Waals surface area contributed by atoms with Crippen LogP contribution in [0.2, 0.25) is 0 Å². The van der Waals surface area contributed by atoms with Gasteiger partial charge in [-0.1, -0.05) is 36.9 Å². The Kier molecular flexibility index (Phi) is 3.28. The van der Waals surface area contributed by atoms with Gasteiger partial charge in [0.25, 0.3) is 0 Å². The fourth-order valence-electron chi connectivity index (χ4n) is 3.74. The molecule has 0 N–H and O–H groups in total. The molecule has 19 heavy (non-hydrogen) atoms. The van der Waals surface area contributed by atoms with Crippen LogP contribution in [-0.4, -0.2) is 29.8 Å². The van der Waals surface area contributed by atoms with Crippen LogP contribution in [0.3, 0.4) is 0 Å². The summed E-state index contributed by atoms with van der Waals surface area (Å²) >= 11 is 0. The van der Waals surface area contributed by atoms with E-state index in [4.69, 9.17) is 0 Å². The number of ketones is 1. The Morgan fingerprint density at radius 3 is 2.53 bits per heavy atom. The first-order valence-electron chi connectivity index (χ1n) is 7.18. The van der Waals surface area contributed by atoms with Gasteiger partial charge >= 0.3 is 0 Å². The van der Waals surface area contributed by atoms with Crippen molar-refractivity contribution in [1.82, 2.24) is 4.90 Å². The van der Waals surface area contributed by atoms with Gasteiger partial charge in [-0.05, 0) is 38.3 Å². The smallest absolute Gasteiger partial charge is 0.166 e. The zero-order valence-corrected chi connectivity index (χ0v) is 11.5. The van der Waals surface area contributed by atoms with Crippen molar-refractivity contribution in [3.63, 3.8) is 0 Å². The second-order valence-corrected chi connectivity index (χ2v) is 5.87. The number of carbonyl (C=O) groups excluding carboxylic acids is 1. The first kappa shape index (κ1) is 12.6. The van der Waals surface area contributed by atoms with Crippen LogP contribution >= 0.6 is 0 Å². The summed E-state index contributed by atoms with van der Waals surface area (Å²) in [4.78, 5) is 15.2. The van der Waals surface area contributed by atoms with E-state index in [1.54, 1.807) is 6.08 Å². The van der Waals surface area contributed by atoms with Gasteiger partial charge in [0.05, 0.1) is 0 Å². The highest BCUT2D eigenvalue weighted by Crippen LogP contribution is 2.38. The number of fused-ring (bicyclic) bond motifs is 2. The molecule has 0 radical (unpaired) electrons. The number of hydrogen-bond acceptors (Lipinski definition) is 2. The molecule has 100 valence electrons. The monoisotopic (exact) mass is 255 g/mol. The minimum absolute atomic E-state index is 0.204. The maximum atomic E-state index is 12.7. The number of Topliss-reactive ketones (excluding diaryl/α,β-unsaturated/α-hetero) is 1. The minimum Gasteiger partial charge on any atom is -0.300 e. The van der Waals surface area contributed by atoms with Gasteiger partial charge in [0, 0.05) is 23.6 Å². The molecule has 2 heteroatoms. The fourth-order valence-corrected chi connectivity index (χ4v) is 3.74. The van der Waals surface area contributed by atoms with Crippen molar-refractivity contribution in [2.45, 2.75) is 37.8 Å². The Labute approximate surface area is 115 Å². The van der Waals surface area contributed by atoms with E-state index in [-0.39, 0.29) is 5.92 Å². The van der Waals surface area contributed by atoms with Crippen LogP contribution in [0, 0.1) is 5.92 Å². The molecule has 2 nitrogen and oxygen atoms in total. The van der Waals surface area contributed by atoms with Crippen LogP contribution in [0.15, 0.2) is 30.8 Å². The van der Waals surface area contributed by atoms with Crippen LogP contribution in [0.5, 0.6) is 0 Å². The molecule has 3 rings (SSSR count). The predicted molar refractivity (Wildman–Crippen MR) is 78.2 cm³/mol. The summed E-state index contributed by atoms with van der Waals surface area (Å²) in [5.74, 6) is 0.523. The second kappa shape index (κ2) is 4.93. The third-order valence-corrected chi connectivity index (χ3v) is 4.92. The van der Waals surface area contributed by atoms with Crippen LogP contribution in [0.1, 0.15) is 41.6 Å². The quantitative estimate of drug-likeness (QED) is 0.772. The summed E-state index contributed by atoms with van der Waals surface area (Å²) in [6.45, 7) is 3.81. The van der Waals surface area contributed by atoms with E-state index in [0.29, 0.717) is 17.9 Å². The average Bonchev–Trinajstić information content (AvgIpc) is 2.68. The molecular weight excluding hydrogens is 234 g/mol. The van der Waals surface area contributed by atoms with E-state index in [2.05, 4.69) is 18.5 Å². The lowest BCUT2D eigenvalue weighted by molar-refractivity contribution is 0.0767. The lowest BCUT2D eigenvalue weighted by atomic mass is 9.84. The summed E-state index contributed by atoms with van der Waals surface area (Å²) in [5.41, 5.74) is 1.82. The summed E-state index contributed by atoms with van der Waals surface area (Å²) in [6.07, 6.45) is 6.35. The van der Waals surface area contributed by atoms with Crippen molar-refractivity contribution >= 4 is 11.9 Å². The number of hydrogen-bond donors (Lipinski definition) is 0. The SMILES string of the molecule is C=Cc1ccccc1C(=O)C1CC2CCC(C1)N2C. The standard InChI is InChI=1S/C17H21NO/c1-3-12-6-4-5-7-16(12)17(19)13-10-14-8-9-15(11-13)18(14)2/h3-7,13-15H,1,8-11H2,2H3. The highest BCUT2D eigenvalue weighted by molar-refractivity contribution is 6.01. The average molecular weight is 255 g/mol. The Morgan fingerprint density at radius 1 is 1.26 bits per heavy atom. The molecule has 2 saturated heterocycles. The topological polar surface area (TPSA) is 20.3 Å². The molecule has 2 aliphatic rings. The van der Waals surface area contributed by atoms with Gasteiger partial charge in [-0.2, -0.15) is 0 Å². The molecule has 2 atom stereocenters. The molecule has 0 spiro atoms. The number of carbonyl (C=O) groups is 1. The summed E-state index contributed by atoms with van der Waals surface area (Å²) < 4.78 is 0. The van der Waals surface area contributed by atoms with E-state index in [1.807, 2.05) is 24.3 Å². The predicted octanol–water partition coefficient (Wildman–Crippen LogP) is 3.39. The number of nitrogens with zero attached hydrogens (tertiary/aromatic N) is 1. The molecule has 2 unspecified atom stereocenters. The van der Waals surface area contributed by atoms with Crippen molar-refractivity contribution in [1.29, 1.82) is 0 Å². The molecule has 2 aliphatic heterocycles. The van der Waals surface area contributed by atoms with Crippen LogP contribution < -0.4 is 0 Å². The number of benzene rings is 1. The fraction of sp³-hybridized carbons (Fsp3) is 0.471. The lowest BCUT2D eigenvalue weighted by Crippen LogP contribution is -2.42. The van der Waals surface area contributed by atoms with Crippen LogP contribution in [0.25, 0.3) is 6.08 Å². The molecule has 2 heterocycles. The summed E-state index contributed by atoms with van der Waals surface area (Å²) in [5, 5.41) is 0. The Bertz CT molecular complexity index is 494. The molecule has 2 bridgehead atoms. The second-order valence-electron chi connectivity index (χ2n) is 5.87. The van der Waals surface area contributed by atoms with Crippen LogP contribution in [0.4, 0.5) is 0 Å². The van der Waals surface area contributed by atoms with Crippen molar-refractivity contribution in [2.24, 2.45) is 5.92 Å². The first-order chi connectivity index (χ1) is 9.20. The molecule has 0 aromatic heterocycles. The first-order valence-corrected chi connectivity index (χ1v) is 7.18. The highest BCUT2D eigenvalue weighted by atomic mass is 16.1. The number of rotatable bonds is 3. The maximum absolute atomic E-state index is 12.7. The summed E-state index contributed by atoms with van der Waals surface area (Å²) in [6, 6.07) is 9.06. The van der Waals surface area contributed by atoms with E-state index in [0.717, 1.165) is 24.0 Å². The Morgan fingerprint density at radius 2 is 1.89 bits per heavy atom. The molecule has 0 aliphatic carbocycles. The lowest BCUT2D eigenvalue weighted by Gasteiger charge is -2.35. The third-order valence-electron chi connectivity index (χ3n) is 4.92. The van der Waals surface area contributed by atoms with Crippen LogP contribution in [-0.2, 0) is 0 Å². The minimum atomic E-state index is 0.204. The van der Waals surface area contributed by atoms with E-state index in [9.17, 15) is 4.79 Å². The molecule has 2 fully saturated rings. The van der Waals surface area contributed by atoms with Gasteiger partial charge in [0.15, 0.2) is 5.78 Å². The molecule has 1 aromatic rings. The van der Waals surface area contributed by atoms with Crippen molar-refractivity contribution in [3.05, 3.63) is 42.0 Å². The molecular formula is C17H21NO. The molecule has 1 aromatic carbocycles.